The smallest absolute Gasteiger partial charge is 0.155 e. The molecule has 0 amide bonds. The maximum Gasteiger partial charge on any atom is 0.155 e. The third-order valence-corrected chi connectivity index (χ3v) is 1.83. The summed E-state index contributed by atoms with van der Waals surface area (Å²) in [5.74, 6) is 0. The number of hydrogen-bond donors (Lipinski definition) is 1. The number of aryl methyl sites for hydroxylation is 1. The van der Waals surface area contributed by atoms with Gasteiger partial charge < -0.3 is 5.11 Å². The molecule has 0 aliphatic heterocycles. The van der Waals surface area contributed by atoms with Crippen molar-refractivity contribution in [2.45, 2.75) is 19.4 Å². The molecule has 0 aromatic heterocycles. The van der Waals surface area contributed by atoms with Crippen molar-refractivity contribution in [1.29, 1.82) is 0 Å². The Morgan fingerprint density at radius 2 is 2.17 bits per heavy atom. The first kappa shape index (κ1) is 8.94. The number of hydrogen-bond acceptors (Lipinski definition) is 2. The molecular weight excluding hydrogens is 152 g/mol. The predicted octanol–water partition coefficient (Wildman–Crippen LogP) is 1.40. The van der Waals surface area contributed by atoms with Crippen LogP contribution in [0.5, 0.6) is 0 Å². The van der Waals surface area contributed by atoms with Crippen molar-refractivity contribution >= 4 is 6.29 Å². The molecule has 2 heteroatoms. The molecule has 1 aromatic carbocycles. The Morgan fingerprint density at radius 3 is 2.67 bits per heavy atom. The minimum Gasteiger partial charge on any atom is -0.378 e. The lowest BCUT2D eigenvalue weighted by Crippen LogP contribution is -2.22. The standard InChI is InChI=1S/C10H12O2/c1-8-4-3-5-9(6-8)10(2,12)7-11/h3-7,12H,1-2H3. The second-order valence-electron chi connectivity index (χ2n) is 3.13. The van der Waals surface area contributed by atoms with Crippen molar-refractivity contribution < 1.29 is 9.90 Å². The molecule has 0 aliphatic carbocycles. The molecule has 1 N–H and O–H groups in total. The third kappa shape index (κ3) is 1.71. The Bertz CT molecular complexity index is 290. The number of carbonyl (C=O) groups is 1. The Morgan fingerprint density at radius 1 is 1.50 bits per heavy atom. The zero-order valence-electron chi connectivity index (χ0n) is 7.24. The summed E-state index contributed by atoms with van der Waals surface area (Å²) < 4.78 is 0. The SMILES string of the molecule is Cc1cccc(C(C)(O)C=O)c1. The normalized spacial score (nSPS) is 15.2. The van der Waals surface area contributed by atoms with Crippen LogP contribution in [0, 0.1) is 6.92 Å². The summed E-state index contributed by atoms with van der Waals surface area (Å²) in [4.78, 5) is 10.5. The van der Waals surface area contributed by atoms with E-state index in [1.165, 1.54) is 6.92 Å². The van der Waals surface area contributed by atoms with Gasteiger partial charge >= 0.3 is 0 Å². The number of aldehydes is 1. The van der Waals surface area contributed by atoms with Crippen LogP contribution in [-0.4, -0.2) is 11.4 Å². The van der Waals surface area contributed by atoms with E-state index in [9.17, 15) is 9.90 Å². The highest BCUT2D eigenvalue weighted by Gasteiger charge is 2.21. The van der Waals surface area contributed by atoms with Crippen LogP contribution in [-0.2, 0) is 10.4 Å². The lowest BCUT2D eigenvalue weighted by molar-refractivity contribution is -0.123. The molecule has 64 valence electrons. The van der Waals surface area contributed by atoms with E-state index in [0.717, 1.165) is 5.56 Å². The van der Waals surface area contributed by atoms with E-state index >= 15 is 0 Å². The summed E-state index contributed by atoms with van der Waals surface area (Å²) in [6, 6.07) is 7.28. The maximum absolute atomic E-state index is 10.5. The molecule has 0 fully saturated rings. The molecule has 0 aliphatic rings. The van der Waals surface area contributed by atoms with Gasteiger partial charge in [0.15, 0.2) is 6.29 Å². The summed E-state index contributed by atoms with van der Waals surface area (Å²) in [6.07, 6.45) is 0.543. The van der Waals surface area contributed by atoms with Crippen LogP contribution in [0.1, 0.15) is 18.1 Å². The van der Waals surface area contributed by atoms with Gasteiger partial charge in [-0.25, -0.2) is 0 Å². The molecule has 1 aromatic rings. The molecule has 0 spiro atoms. The monoisotopic (exact) mass is 164 g/mol. The van der Waals surface area contributed by atoms with Gasteiger partial charge in [0, 0.05) is 0 Å². The fraction of sp³-hybridized carbons (Fsp3) is 0.300. The topological polar surface area (TPSA) is 37.3 Å². The lowest BCUT2D eigenvalue weighted by Gasteiger charge is -2.16. The van der Waals surface area contributed by atoms with E-state index in [1.807, 2.05) is 19.1 Å². The molecule has 1 rings (SSSR count). The van der Waals surface area contributed by atoms with Crippen LogP contribution in [0.15, 0.2) is 24.3 Å². The Kier molecular flexibility index (Phi) is 2.29. The van der Waals surface area contributed by atoms with Crippen LogP contribution in [0.25, 0.3) is 0 Å². The summed E-state index contributed by atoms with van der Waals surface area (Å²) in [7, 11) is 0. The van der Waals surface area contributed by atoms with Gasteiger partial charge in [-0.15, -0.1) is 0 Å². The van der Waals surface area contributed by atoms with Gasteiger partial charge in [-0.05, 0) is 19.4 Å². The summed E-state index contributed by atoms with van der Waals surface area (Å²) in [5.41, 5.74) is 0.318. The van der Waals surface area contributed by atoms with Gasteiger partial charge in [0.05, 0.1) is 0 Å². The average molecular weight is 164 g/mol. The van der Waals surface area contributed by atoms with Crippen LogP contribution in [0.3, 0.4) is 0 Å². The van der Waals surface area contributed by atoms with Gasteiger partial charge in [-0.2, -0.15) is 0 Å². The summed E-state index contributed by atoms with van der Waals surface area (Å²) >= 11 is 0. The van der Waals surface area contributed by atoms with Gasteiger partial charge in [0.2, 0.25) is 0 Å². The Hall–Kier alpha value is -1.15. The fourth-order valence-corrected chi connectivity index (χ4v) is 1.03. The van der Waals surface area contributed by atoms with Gasteiger partial charge in [0.25, 0.3) is 0 Å². The van der Waals surface area contributed by atoms with E-state index in [2.05, 4.69) is 0 Å². The summed E-state index contributed by atoms with van der Waals surface area (Å²) in [5, 5.41) is 9.55. The van der Waals surface area contributed by atoms with E-state index in [-0.39, 0.29) is 0 Å². The van der Waals surface area contributed by atoms with Crippen molar-refractivity contribution in [2.75, 3.05) is 0 Å². The molecule has 1 unspecified atom stereocenters. The molecule has 0 radical (unpaired) electrons. The minimum absolute atomic E-state index is 0.543. The maximum atomic E-state index is 10.5. The fourth-order valence-electron chi connectivity index (χ4n) is 1.03. The molecule has 2 nitrogen and oxygen atoms in total. The zero-order valence-corrected chi connectivity index (χ0v) is 7.24. The largest absolute Gasteiger partial charge is 0.378 e. The van der Waals surface area contributed by atoms with Gasteiger partial charge in [-0.1, -0.05) is 29.8 Å². The highest BCUT2D eigenvalue weighted by atomic mass is 16.3. The quantitative estimate of drug-likeness (QED) is 0.671. The number of rotatable bonds is 2. The molecule has 0 saturated carbocycles. The molecular formula is C10H12O2. The molecule has 12 heavy (non-hydrogen) atoms. The first-order chi connectivity index (χ1) is 5.56. The van der Waals surface area contributed by atoms with Gasteiger partial charge in [0.1, 0.15) is 5.60 Å². The molecule has 0 heterocycles. The summed E-state index contributed by atoms with van der Waals surface area (Å²) in [6.45, 7) is 3.40. The number of benzene rings is 1. The second kappa shape index (κ2) is 3.07. The van der Waals surface area contributed by atoms with Crippen molar-refractivity contribution in [1.82, 2.24) is 0 Å². The van der Waals surface area contributed by atoms with E-state index in [4.69, 9.17) is 0 Å². The van der Waals surface area contributed by atoms with E-state index in [1.54, 1.807) is 12.1 Å². The van der Waals surface area contributed by atoms with Crippen LogP contribution < -0.4 is 0 Å². The van der Waals surface area contributed by atoms with Gasteiger partial charge in [-0.3, -0.25) is 4.79 Å². The van der Waals surface area contributed by atoms with Crippen molar-refractivity contribution in [3.8, 4) is 0 Å². The average Bonchev–Trinajstić information content (AvgIpc) is 2.05. The van der Waals surface area contributed by atoms with Crippen LogP contribution in [0.4, 0.5) is 0 Å². The van der Waals surface area contributed by atoms with Crippen LogP contribution >= 0.6 is 0 Å². The Balaban J connectivity index is 3.11. The Labute approximate surface area is 71.8 Å². The highest BCUT2D eigenvalue weighted by Crippen LogP contribution is 2.18. The highest BCUT2D eigenvalue weighted by molar-refractivity contribution is 5.65. The van der Waals surface area contributed by atoms with Crippen LogP contribution in [0.2, 0.25) is 0 Å². The minimum atomic E-state index is -1.36. The second-order valence-corrected chi connectivity index (χ2v) is 3.13. The van der Waals surface area contributed by atoms with E-state index in [0.29, 0.717) is 11.8 Å². The first-order valence-electron chi connectivity index (χ1n) is 3.82. The molecule has 0 bridgehead atoms. The zero-order chi connectivity index (χ0) is 9.19. The van der Waals surface area contributed by atoms with Crippen molar-refractivity contribution in [3.63, 3.8) is 0 Å². The van der Waals surface area contributed by atoms with Crippen molar-refractivity contribution in [3.05, 3.63) is 35.4 Å². The first-order valence-corrected chi connectivity index (χ1v) is 3.82. The van der Waals surface area contributed by atoms with E-state index < -0.39 is 5.60 Å². The predicted molar refractivity (Wildman–Crippen MR) is 46.8 cm³/mol. The van der Waals surface area contributed by atoms with Crippen molar-refractivity contribution in [2.24, 2.45) is 0 Å². The number of carbonyl (C=O) groups excluding carboxylic acids is 1. The molecule has 0 saturated heterocycles. The lowest BCUT2D eigenvalue weighted by atomic mass is 9.96. The number of aliphatic hydroxyl groups is 1. The third-order valence-electron chi connectivity index (χ3n) is 1.83. The molecule has 1 atom stereocenters.